The highest BCUT2D eigenvalue weighted by molar-refractivity contribution is 6.05. The SMILES string of the molecule is CCc1ccc(N(Cc2c3ccccc3cc3ccccc23)C(=O)Nc2ccccc2F)cc1. The maximum absolute atomic E-state index is 14.3. The third kappa shape index (κ3) is 4.23. The first-order chi connectivity index (χ1) is 16.6. The molecule has 4 heteroatoms. The first-order valence-electron chi connectivity index (χ1n) is 11.5. The average Bonchev–Trinajstić information content (AvgIpc) is 2.88. The molecule has 5 aromatic rings. The van der Waals surface area contributed by atoms with Crippen LogP contribution >= 0.6 is 0 Å². The van der Waals surface area contributed by atoms with Gasteiger partial charge in [-0.2, -0.15) is 0 Å². The maximum atomic E-state index is 14.3. The average molecular weight is 449 g/mol. The van der Waals surface area contributed by atoms with Crippen molar-refractivity contribution >= 4 is 39.0 Å². The van der Waals surface area contributed by atoms with Crippen molar-refractivity contribution in [1.29, 1.82) is 0 Å². The highest BCUT2D eigenvalue weighted by Crippen LogP contribution is 2.31. The number of benzene rings is 5. The Kier molecular flexibility index (Phi) is 5.96. The van der Waals surface area contributed by atoms with E-state index in [0.717, 1.165) is 39.2 Å². The molecule has 0 radical (unpaired) electrons. The molecule has 5 rings (SSSR count). The molecule has 0 bridgehead atoms. The van der Waals surface area contributed by atoms with Gasteiger partial charge in [-0.25, -0.2) is 9.18 Å². The standard InChI is InChI=1S/C30H25FN2O/c1-2-21-15-17-24(18-16-21)33(30(34)32-29-14-8-7-13-28(29)31)20-27-25-11-5-3-9-22(25)19-23-10-4-6-12-26(23)27/h3-19H,2,20H2,1H3,(H,32,34). The van der Waals surface area contributed by atoms with Gasteiger partial charge in [-0.15, -0.1) is 0 Å². The molecule has 3 nitrogen and oxygen atoms in total. The molecule has 0 heterocycles. The van der Waals surface area contributed by atoms with Crippen molar-refractivity contribution in [3.8, 4) is 0 Å². The lowest BCUT2D eigenvalue weighted by Crippen LogP contribution is -2.35. The number of halogens is 1. The monoisotopic (exact) mass is 448 g/mol. The zero-order chi connectivity index (χ0) is 23.5. The molecule has 2 amide bonds. The Morgan fingerprint density at radius 3 is 2.00 bits per heavy atom. The normalized spacial score (nSPS) is 11.0. The Labute approximate surface area is 198 Å². The lowest BCUT2D eigenvalue weighted by molar-refractivity contribution is 0.256. The van der Waals surface area contributed by atoms with Gasteiger partial charge < -0.3 is 5.32 Å². The van der Waals surface area contributed by atoms with E-state index in [1.165, 1.54) is 11.6 Å². The van der Waals surface area contributed by atoms with E-state index in [0.29, 0.717) is 6.54 Å². The number of aryl methyl sites for hydroxylation is 1. The number of hydrogen-bond acceptors (Lipinski definition) is 1. The van der Waals surface area contributed by atoms with Crippen LogP contribution in [0.3, 0.4) is 0 Å². The zero-order valence-electron chi connectivity index (χ0n) is 19.0. The highest BCUT2D eigenvalue weighted by Gasteiger charge is 2.20. The zero-order valence-corrected chi connectivity index (χ0v) is 19.0. The summed E-state index contributed by atoms with van der Waals surface area (Å²) in [6.07, 6.45) is 0.912. The molecule has 1 N–H and O–H groups in total. The summed E-state index contributed by atoms with van der Waals surface area (Å²) in [5.41, 5.74) is 3.15. The Bertz CT molecular complexity index is 1420. The van der Waals surface area contributed by atoms with Crippen LogP contribution in [0.2, 0.25) is 0 Å². The minimum atomic E-state index is -0.465. The minimum absolute atomic E-state index is 0.158. The van der Waals surface area contributed by atoms with E-state index in [1.807, 2.05) is 48.5 Å². The summed E-state index contributed by atoms with van der Waals surface area (Å²) in [5, 5.41) is 7.19. The summed E-state index contributed by atoms with van der Waals surface area (Å²) in [5.74, 6) is -0.465. The van der Waals surface area contributed by atoms with E-state index in [9.17, 15) is 9.18 Å². The van der Waals surface area contributed by atoms with E-state index in [4.69, 9.17) is 0 Å². The van der Waals surface area contributed by atoms with Crippen molar-refractivity contribution in [1.82, 2.24) is 0 Å². The molecule has 0 fully saturated rings. The van der Waals surface area contributed by atoms with Gasteiger partial charge in [-0.05, 0) is 69.4 Å². The third-order valence-electron chi connectivity index (χ3n) is 6.22. The van der Waals surface area contributed by atoms with Crippen molar-refractivity contribution in [2.24, 2.45) is 0 Å². The van der Waals surface area contributed by atoms with Crippen LogP contribution in [0.25, 0.3) is 21.5 Å². The van der Waals surface area contributed by atoms with Gasteiger partial charge >= 0.3 is 6.03 Å². The molecular weight excluding hydrogens is 423 g/mol. The van der Waals surface area contributed by atoms with Gasteiger partial charge in [0.05, 0.1) is 12.2 Å². The van der Waals surface area contributed by atoms with Gasteiger partial charge in [-0.1, -0.05) is 79.7 Å². The Morgan fingerprint density at radius 1 is 0.794 bits per heavy atom. The number of carbonyl (C=O) groups excluding carboxylic acids is 1. The summed E-state index contributed by atoms with van der Waals surface area (Å²) < 4.78 is 14.3. The molecule has 0 unspecified atom stereocenters. The first-order valence-corrected chi connectivity index (χ1v) is 11.5. The van der Waals surface area contributed by atoms with Crippen LogP contribution in [0.1, 0.15) is 18.1 Å². The van der Waals surface area contributed by atoms with Gasteiger partial charge in [0.25, 0.3) is 0 Å². The van der Waals surface area contributed by atoms with Crippen molar-refractivity contribution in [2.45, 2.75) is 19.9 Å². The van der Waals surface area contributed by atoms with Crippen LogP contribution in [-0.4, -0.2) is 6.03 Å². The molecule has 0 spiro atoms. The van der Waals surface area contributed by atoms with Gasteiger partial charge in [0.15, 0.2) is 0 Å². The molecule has 0 saturated carbocycles. The predicted molar refractivity (Wildman–Crippen MR) is 139 cm³/mol. The predicted octanol–water partition coefficient (Wildman–Crippen LogP) is 7.93. The number of para-hydroxylation sites is 1. The van der Waals surface area contributed by atoms with Crippen LogP contribution < -0.4 is 10.2 Å². The molecular formula is C30H25FN2O. The molecule has 0 aromatic heterocycles. The molecule has 5 aromatic carbocycles. The number of nitrogens with zero attached hydrogens (tertiary/aromatic N) is 1. The molecule has 0 saturated heterocycles. The van der Waals surface area contributed by atoms with Gasteiger partial charge in [0.2, 0.25) is 0 Å². The second-order valence-electron chi connectivity index (χ2n) is 8.31. The van der Waals surface area contributed by atoms with E-state index in [2.05, 4.69) is 42.6 Å². The number of fused-ring (bicyclic) bond motifs is 2. The number of hydrogen-bond donors (Lipinski definition) is 1. The molecule has 0 aliphatic rings. The van der Waals surface area contributed by atoms with Gasteiger partial charge in [-0.3, -0.25) is 4.90 Å². The summed E-state index contributed by atoms with van der Waals surface area (Å²) >= 11 is 0. The van der Waals surface area contributed by atoms with E-state index >= 15 is 0 Å². The van der Waals surface area contributed by atoms with Crippen LogP contribution in [0, 0.1) is 5.82 Å². The molecule has 0 aliphatic heterocycles. The van der Waals surface area contributed by atoms with Crippen LogP contribution in [0.4, 0.5) is 20.6 Å². The smallest absolute Gasteiger partial charge is 0.305 e. The fourth-order valence-electron chi connectivity index (χ4n) is 4.37. The third-order valence-corrected chi connectivity index (χ3v) is 6.22. The van der Waals surface area contributed by atoms with Gasteiger partial charge in [0.1, 0.15) is 5.82 Å². The van der Waals surface area contributed by atoms with Crippen molar-refractivity contribution in [2.75, 3.05) is 10.2 Å². The first kappa shape index (κ1) is 21.7. The van der Waals surface area contributed by atoms with Crippen molar-refractivity contribution in [3.63, 3.8) is 0 Å². The summed E-state index contributed by atoms with van der Waals surface area (Å²) in [4.78, 5) is 15.2. The molecule has 34 heavy (non-hydrogen) atoms. The summed E-state index contributed by atoms with van der Waals surface area (Å²) in [6, 6.07) is 32.4. The number of rotatable bonds is 5. The second kappa shape index (κ2) is 9.36. The topological polar surface area (TPSA) is 32.3 Å². The number of urea groups is 1. The summed E-state index contributed by atoms with van der Waals surface area (Å²) in [7, 11) is 0. The lowest BCUT2D eigenvalue weighted by atomic mass is 9.96. The lowest BCUT2D eigenvalue weighted by Gasteiger charge is -2.25. The van der Waals surface area contributed by atoms with E-state index in [1.54, 1.807) is 23.1 Å². The molecule has 168 valence electrons. The number of nitrogens with one attached hydrogen (secondary N) is 1. The Balaban J connectivity index is 1.62. The number of amides is 2. The van der Waals surface area contributed by atoms with Crippen LogP contribution in [-0.2, 0) is 13.0 Å². The number of anilines is 2. The maximum Gasteiger partial charge on any atom is 0.326 e. The summed E-state index contributed by atoms with van der Waals surface area (Å²) in [6.45, 7) is 2.44. The fraction of sp³-hybridized carbons (Fsp3) is 0.100. The number of carbonyl (C=O) groups is 1. The van der Waals surface area contributed by atoms with E-state index < -0.39 is 5.82 Å². The van der Waals surface area contributed by atoms with Crippen molar-refractivity contribution < 1.29 is 9.18 Å². The Morgan fingerprint density at radius 2 is 1.38 bits per heavy atom. The molecule has 0 aliphatic carbocycles. The minimum Gasteiger partial charge on any atom is -0.305 e. The van der Waals surface area contributed by atoms with Gasteiger partial charge in [0, 0.05) is 5.69 Å². The highest BCUT2D eigenvalue weighted by atomic mass is 19.1. The van der Waals surface area contributed by atoms with Crippen LogP contribution in [0.5, 0.6) is 0 Å². The second-order valence-corrected chi connectivity index (χ2v) is 8.31. The Hall–Kier alpha value is -4.18. The quantitative estimate of drug-likeness (QED) is 0.272. The largest absolute Gasteiger partial charge is 0.326 e. The van der Waals surface area contributed by atoms with Crippen LogP contribution in [0.15, 0.2) is 103 Å². The van der Waals surface area contributed by atoms with Crippen molar-refractivity contribution in [3.05, 3.63) is 120 Å². The fourth-order valence-corrected chi connectivity index (χ4v) is 4.37. The van der Waals surface area contributed by atoms with E-state index in [-0.39, 0.29) is 11.7 Å². The molecule has 0 atom stereocenters.